The van der Waals surface area contributed by atoms with Gasteiger partial charge in [-0.15, -0.1) is 10.2 Å². The van der Waals surface area contributed by atoms with E-state index in [2.05, 4.69) is 32.9 Å². The van der Waals surface area contributed by atoms with E-state index in [0.717, 1.165) is 26.2 Å². The first kappa shape index (κ1) is 12.7. The number of nitrogens with one attached hydrogen (secondary N) is 2. The smallest absolute Gasteiger partial charge is 0.286 e. The summed E-state index contributed by atoms with van der Waals surface area (Å²) in [7, 11) is 3.83. The Bertz CT molecular complexity index is 398. The van der Waals surface area contributed by atoms with Crippen LogP contribution < -0.4 is 10.7 Å². The fraction of sp³-hybridized carbons (Fsp3) is 0.545. The number of carbonyl (C=O) groups excluding carboxylic acids is 1. The quantitative estimate of drug-likeness (QED) is 0.747. The topological polar surface area (TPSA) is 73.4 Å². The molecular weight excluding hydrogens is 232 g/mol. The second-order valence-electron chi connectivity index (χ2n) is 4.29. The van der Waals surface area contributed by atoms with Crippen LogP contribution in [0.2, 0.25) is 0 Å². The number of likely N-dealkylation sites (N-methyl/N-ethyl adjacent to an activating group) is 1. The molecule has 1 aliphatic heterocycles. The molecule has 0 spiro atoms. The van der Waals surface area contributed by atoms with Gasteiger partial charge in [0, 0.05) is 33.2 Å². The van der Waals surface area contributed by atoms with Crippen LogP contribution in [-0.2, 0) is 0 Å². The minimum atomic E-state index is -0.213. The lowest BCUT2D eigenvalue weighted by Crippen LogP contribution is -2.52. The second kappa shape index (κ2) is 5.74. The van der Waals surface area contributed by atoms with Gasteiger partial charge in [-0.1, -0.05) is 0 Å². The molecule has 0 unspecified atom stereocenters. The van der Waals surface area contributed by atoms with Crippen molar-refractivity contribution in [2.45, 2.75) is 0 Å². The van der Waals surface area contributed by atoms with E-state index in [1.165, 1.54) is 0 Å². The lowest BCUT2D eigenvalue weighted by atomic mass is 10.3. The molecule has 1 amide bonds. The second-order valence-corrected chi connectivity index (χ2v) is 4.29. The number of rotatable bonds is 3. The lowest BCUT2D eigenvalue weighted by molar-refractivity contribution is 0.0657. The van der Waals surface area contributed by atoms with E-state index in [0.29, 0.717) is 11.5 Å². The van der Waals surface area contributed by atoms with Gasteiger partial charge >= 0.3 is 0 Å². The molecule has 1 aliphatic rings. The average Bonchev–Trinajstić information content (AvgIpc) is 2.41. The highest BCUT2D eigenvalue weighted by molar-refractivity contribution is 5.91. The van der Waals surface area contributed by atoms with Crippen LogP contribution in [0.25, 0.3) is 0 Å². The Kier molecular flexibility index (Phi) is 4.06. The first-order valence-electron chi connectivity index (χ1n) is 5.95. The summed E-state index contributed by atoms with van der Waals surface area (Å²) in [6.07, 6.45) is 0. The number of hydrazine groups is 1. The van der Waals surface area contributed by atoms with E-state index in [-0.39, 0.29) is 5.91 Å². The molecule has 7 nitrogen and oxygen atoms in total. The Hall–Kier alpha value is -1.73. The molecule has 2 heterocycles. The van der Waals surface area contributed by atoms with Gasteiger partial charge < -0.3 is 10.2 Å². The van der Waals surface area contributed by atoms with Gasteiger partial charge in [0.2, 0.25) is 0 Å². The normalized spacial score (nSPS) is 17.4. The molecule has 1 saturated heterocycles. The largest absolute Gasteiger partial charge is 0.372 e. The van der Waals surface area contributed by atoms with Crippen LogP contribution in [0.5, 0.6) is 0 Å². The van der Waals surface area contributed by atoms with Crippen molar-refractivity contribution in [3.63, 3.8) is 0 Å². The number of hydrogen-bond acceptors (Lipinski definition) is 6. The molecule has 7 heteroatoms. The third kappa shape index (κ3) is 3.14. The van der Waals surface area contributed by atoms with Crippen molar-refractivity contribution in [2.24, 2.45) is 0 Å². The number of nitrogens with zero attached hydrogens (tertiary/aromatic N) is 4. The van der Waals surface area contributed by atoms with Gasteiger partial charge in [-0.25, -0.2) is 5.01 Å². The Morgan fingerprint density at radius 1 is 1.22 bits per heavy atom. The summed E-state index contributed by atoms with van der Waals surface area (Å²) in [5.74, 6) is 0.431. The molecule has 1 aromatic heterocycles. The highest BCUT2D eigenvalue weighted by Crippen LogP contribution is 2.02. The number of piperazine rings is 1. The van der Waals surface area contributed by atoms with Gasteiger partial charge in [-0.05, 0) is 19.2 Å². The Morgan fingerprint density at radius 2 is 1.94 bits per heavy atom. The molecule has 2 N–H and O–H groups in total. The van der Waals surface area contributed by atoms with Crippen LogP contribution in [0.4, 0.5) is 5.82 Å². The summed E-state index contributed by atoms with van der Waals surface area (Å²) >= 11 is 0. The number of amides is 1. The molecule has 0 saturated carbocycles. The summed E-state index contributed by atoms with van der Waals surface area (Å²) in [5.41, 5.74) is 3.16. The molecule has 98 valence electrons. The van der Waals surface area contributed by atoms with Crippen molar-refractivity contribution in [3.8, 4) is 0 Å². The number of carbonyl (C=O) groups is 1. The summed E-state index contributed by atoms with van der Waals surface area (Å²) in [6.45, 7) is 3.55. The Morgan fingerprint density at radius 3 is 2.50 bits per heavy atom. The molecule has 1 fully saturated rings. The molecule has 2 rings (SSSR count). The maximum Gasteiger partial charge on any atom is 0.286 e. The Labute approximate surface area is 106 Å². The van der Waals surface area contributed by atoms with Gasteiger partial charge in [0.25, 0.3) is 5.91 Å². The highest BCUT2D eigenvalue weighted by atomic mass is 16.2. The predicted molar refractivity (Wildman–Crippen MR) is 68.1 cm³/mol. The van der Waals surface area contributed by atoms with Gasteiger partial charge in [0.15, 0.2) is 5.69 Å². The zero-order valence-electron chi connectivity index (χ0n) is 10.7. The van der Waals surface area contributed by atoms with E-state index in [1.807, 2.05) is 5.01 Å². The minimum Gasteiger partial charge on any atom is -0.372 e. The van der Waals surface area contributed by atoms with Crippen LogP contribution in [0.3, 0.4) is 0 Å². The predicted octanol–water partition coefficient (Wildman–Crippen LogP) is -0.589. The SMILES string of the molecule is CNc1ccc(C(=O)NN2CCN(C)CC2)nn1. The molecule has 18 heavy (non-hydrogen) atoms. The molecule has 1 aromatic rings. The summed E-state index contributed by atoms with van der Waals surface area (Å²) in [6, 6.07) is 3.39. The number of hydrogen-bond donors (Lipinski definition) is 2. The fourth-order valence-electron chi connectivity index (χ4n) is 1.71. The van der Waals surface area contributed by atoms with E-state index in [1.54, 1.807) is 19.2 Å². The van der Waals surface area contributed by atoms with Crippen molar-refractivity contribution in [1.29, 1.82) is 0 Å². The molecule has 0 aromatic carbocycles. The third-order valence-electron chi connectivity index (χ3n) is 2.92. The van der Waals surface area contributed by atoms with E-state index >= 15 is 0 Å². The van der Waals surface area contributed by atoms with Crippen molar-refractivity contribution in [3.05, 3.63) is 17.8 Å². The van der Waals surface area contributed by atoms with Crippen molar-refractivity contribution in [1.82, 2.24) is 25.5 Å². The van der Waals surface area contributed by atoms with Gasteiger partial charge in [0.1, 0.15) is 5.82 Å². The van der Waals surface area contributed by atoms with Crippen molar-refractivity contribution >= 4 is 11.7 Å². The first-order valence-corrected chi connectivity index (χ1v) is 5.95. The lowest BCUT2D eigenvalue weighted by Gasteiger charge is -2.32. The molecule has 0 atom stereocenters. The minimum absolute atomic E-state index is 0.213. The van der Waals surface area contributed by atoms with Crippen LogP contribution >= 0.6 is 0 Å². The van der Waals surface area contributed by atoms with Crippen LogP contribution in [-0.4, -0.2) is 66.3 Å². The third-order valence-corrected chi connectivity index (χ3v) is 2.92. The first-order chi connectivity index (χ1) is 8.69. The van der Waals surface area contributed by atoms with Gasteiger partial charge in [0.05, 0.1) is 0 Å². The van der Waals surface area contributed by atoms with Crippen molar-refractivity contribution < 1.29 is 4.79 Å². The van der Waals surface area contributed by atoms with Crippen LogP contribution in [0.15, 0.2) is 12.1 Å². The van der Waals surface area contributed by atoms with Crippen LogP contribution in [0.1, 0.15) is 10.5 Å². The number of anilines is 1. The standard InChI is InChI=1S/C11H18N6O/c1-12-10-4-3-9(13-14-10)11(18)15-17-7-5-16(2)6-8-17/h3-4H,5-8H2,1-2H3,(H,12,14)(H,15,18). The average molecular weight is 250 g/mol. The van der Waals surface area contributed by atoms with Crippen molar-refractivity contribution in [2.75, 3.05) is 45.6 Å². The molecule has 0 radical (unpaired) electrons. The highest BCUT2D eigenvalue weighted by Gasteiger charge is 2.17. The fourth-order valence-corrected chi connectivity index (χ4v) is 1.71. The Balaban J connectivity index is 1.90. The zero-order valence-corrected chi connectivity index (χ0v) is 10.7. The molecule has 0 bridgehead atoms. The molecule has 0 aliphatic carbocycles. The van der Waals surface area contributed by atoms with Gasteiger partial charge in [-0.3, -0.25) is 10.2 Å². The van der Waals surface area contributed by atoms with E-state index in [4.69, 9.17) is 0 Å². The maximum absolute atomic E-state index is 11.9. The van der Waals surface area contributed by atoms with E-state index in [9.17, 15) is 4.79 Å². The summed E-state index contributed by atoms with van der Waals surface area (Å²) in [4.78, 5) is 14.1. The van der Waals surface area contributed by atoms with Crippen LogP contribution in [0, 0.1) is 0 Å². The zero-order chi connectivity index (χ0) is 13.0. The summed E-state index contributed by atoms with van der Waals surface area (Å²) < 4.78 is 0. The van der Waals surface area contributed by atoms with Gasteiger partial charge in [-0.2, -0.15) is 0 Å². The molecular formula is C11H18N6O. The summed E-state index contributed by atoms with van der Waals surface area (Å²) in [5, 5.41) is 12.5. The number of aromatic nitrogens is 2. The monoisotopic (exact) mass is 250 g/mol. The maximum atomic E-state index is 11.9. The van der Waals surface area contributed by atoms with E-state index < -0.39 is 0 Å².